The van der Waals surface area contributed by atoms with Crippen LogP contribution in [0.15, 0.2) is 30.3 Å². The lowest BCUT2D eigenvalue weighted by atomic mass is 9.87. The number of hydrogen-bond donors (Lipinski definition) is 3. The van der Waals surface area contributed by atoms with Crippen molar-refractivity contribution in [2.45, 2.75) is 38.7 Å². The van der Waals surface area contributed by atoms with E-state index in [1.165, 1.54) is 0 Å². The molecule has 1 saturated carbocycles. The Morgan fingerprint density at radius 1 is 1.00 bits per heavy atom. The molecule has 34 heavy (non-hydrogen) atoms. The van der Waals surface area contributed by atoms with E-state index in [1.54, 1.807) is 25.1 Å². The van der Waals surface area contributed by atoms with Gasteiger partial charge in [-0.15, -0.1) is 0 Å². The number of benzene rings is 2. The van der Waals surface area contributed by atoms with E-state index >= 15 is 0 Å². The van der Waals surface area contributed by atoms with Crippen LogP contribution < -0.4 is 15.4 Å². The maximum Gasteiger partial charge on any atom is 0.306 e. The minimum atomic E-state index is -1.08. The number of carboxylic acid groups (broad SMARTS) is 1. The molecule has 2 amide bonds. The molecule has 182 valence electrons. The second kappa shape index (κ2) is 11.3. The molecule has 0 spiro atoms. The molecule has 1 fully saturated rings. The fraction of sp³-hybridized carbons (Fsp3) is 0.375. The van der Waals surface area contributed by atoms with Gasteiger partial charge in [0.15, 0.2) is 0 Å². The zero-order valence-corrected chi connectivity index (χ0v) is 19.3. The van der Waals surface area contributed by atoms with Gasteiger partial charge in [0.2, 0.25) is 0 Å². The Balaban J connectivity index is 1.50. The van der Waals surface area contributed by atoms with Crippen LogP contribution in [0.25, 0.3) is 0 Å². The summed E-state index contributed by atoms with van der Waals surface area (Å²) in [4.78, 5) is 35.4. The summed E-state index contributed by atoms with van der Waals surface area (Å²) in [6.45, 7) is 1.78. The number of rotatable bonds is 8. The first kappa shape index (κ1) is 25.4. The van der Waals surface area contributed by atoms with Gasteiger partial charge in [0.1, 0.15) is 22.9 Å². The van der Waals surface area contributed by atoms with Crippen LogP contribution in [0, 0.1) is 24.5 Å². The third-order valence-corrected chi connectivity index (χ3v) is 6.11. The van der Waals surface area contributed by atoms with E-state index in [2.05, 4.69) is 10.6 Å². The lowest BCUT2D eigenvalue weighted by Crippen LogP contribution is -2.35. The predicted molar refractivity (Wildman–Crippen MR) is 121 cm³/mol. The molecule has 0 aromatic heterocycles. The highest BCUT2D eigenvalue weighted by Gasteiger charge is 2.27. The van der Waals surface area contributed by atoms with Crippen molar-refractivity contribution >= 4 is 29.4 Å². The molecule has 0 saturated heterocycles. The van der Waals surface area contributed by atoms with Crippen LogP contribution in [0.4, 0.5) is 8.78 Å². The number of ether oxygens (including phenoxy) is 1. The summed E-state index contributed by atoms with van der Waals surface area (Å²) in [5.41, 5.74) is 0.396. The molecule has 0 heterocycles. The largest absolute Gasteiger partial charge is 0.490 e. The molecule has 0 unspecified atom stereocenters. The molecule has 10 heteroatoms. The lowest BCUT2D eigenvalue weighted by Gasteiger charge is -2.26. The van der Waals surface area contributed by atoms with Crippen molar-refractivity contribution in [3.63, 3.8) is 0 Å². The first-order chi connectivity index (χ1) is 16.2. The Labute approximate surface area is 200 Å². The van der Waals surface area contributed by atoms with E-state index < -0.39 is 35.0 Å². The van der Waals surface area contributed by atoms with Crippen LogP contribution in [-0.4, -0.2) is 42.1 Å². The number of nitrogens with one attached hydrogen (secondary N) is 2. The summed E-state index contributed by atoms with van der Waals surface area (Å²) in [7, 11) is 0. The average Bonchev–Trinajstić information content (AvgIpc) is 2.78. The molecule has 3 N–H and O–H groups in total. The molecule has 1 aliphatic carbocycles. The van der Waals surface area contributed by atoms with Crippen LogP contribution in [0.3, 0.4) is 0 Å². The maximum absolute atomic E-state index is 14.5. The molecule has 2 aromatic rings. The zero-order chi connectivity index (χ0) is 24.8. The molecular formula is C24H25ClF2N2O5. The summed E-state index contributed by atoms with van der Waals surface area (Å²) in [5, 5.41) is 14.6. The SMILES string of the molecule is Cc1cc(C(=O)NCCNC(=O)c2c(F)cc(OC3CCC(C(=O)O)CC3)cc2F)ccc1Cl. The van der Waals surface area contributed by atoms with Crippen LogP contribution in [0.1, 0.15) is 52.0 Å². The Bertz CT molecular complexity index is 1060. The van der Waals surface area contributed by atoms with Gasteiger partial charge < -0.3 is 20.5 Å². The number of aliphatic carboxylic acids is 1. The number of carbonyl (C=O) groups excluding carboxylic acids is 2. The van der Waals surface area contributed by atoms with Crippen molar-refractivity contribution in [2.24, 2.45) is 5.92 Å². The number of carboxylic acids is 1. The maximum atomic E-state index is 14.5. The number of amides is 2. The Hall–Kier alpha value is -3.20. The summed E-state index contributed by atoms with van der Waals surface area (Å²) in [6, 6.07) is 6.67. The van der Waals surface area contributed by atoms with Crippen LogP contribution in [-0.2, 0) is 4.79 Å². The van der Waals surface area contributed by atoms with Gasteiger partial charge >= 0.3 is 5.97 Å². The van der Waals surface area contributed by atoms with E-state index in [4.69, 9.17) is 21.4 Å². The van der Waals surface area contributed by atoms with Gasteiger partial charge in [-0.3, -0.25) is 14.4 Å². The lowest BCUT2D eigenvalue weighted by molar-refractivity contribution is -0.143. The molecular weight excluding hydrogens is 470 g/mol. The number of aryl methyl sites for hydroxylation is 1. The monoisotopic (exact) mass is 494 g/mol. The van der Waals surface area contributed by atoms with E-state index in [9.17, 15) is 23.2 Å². The average molecular weight is 495 g/mol. The Kier molecular flexibility index (Phi) is 8.44. The molecule has 3 rings (SSSR count). The van der Waals surface area contributed by atoms with Gasteiger partial charge in [-0.05, 0) is 56.4 Å². The molecule has 2 aromatic carbocycles. The van der Waals surface area contributed by atoms with Crippen molar-refractivity contribution in [3.8, 4) is 5.75 Å². The Morgan fingerprint density at radius 2 is 1.59 bits per heavy atom. The topological polar surface area (TPSA) is 105 Å². The fourth-order valence-electron chi connectivity index (χ4n) is 3.78. The third-order valence-electron chi connectivity index (χ3n) is 5.69. The van der Waals surface area contributed by atoms with E-state index in [0.29, 0.717) is 36.3 Å². The second-order valence-electron chi connectivity index (χ2n) is 8.17. The summed E-state index contributed by atoms with van der Waals surface area (Å²) >= 11 is 5.94. The molecule has 0 atom stereocenters. The highest BCUT2D eigenvalue weighted by atomic mass is 35.5. The quantitative estimate of drug-likeness (QED) is 0.479. The van der Waals surface area contributed by atoms with Gasteiger partial charge in [-0.2, -0.15) is 0 Å². The van der Waals surface area contributed by atoms with Crippen LogP contribution in [0.5, 0.6) is 5.75 Å². The van der Waals surface area contributed by atoms with Crippen molar-refractivity contribution in [3.05, 3.63) is 63.7 Å². The third kappa shape index (κ3) is 6.44. The van der Waals surface area contributed by atoms with Crippen molar-refractivity contribution < 1.29 is 33.0 Å². The second-order valence-corrected chi connectivity index (χ2v) is 8.57. The standard InChI is InChI=1S/C24H25ClF2N2O5/c1-13-10-15(4-7-18(13)25)22(30)28-8-9-29-23(31)21-19(26)11-17(12-20(21)27)34-16-5-2-14(3-6-16)24(32)33/h4,7,10-12,14,16H,2-3,5-6,8-9H2,1H3,(H,28,30)(H,29,31)(H,32,33). The predicted octanol–water partition coefficient (Wildman–Crippen LogP) is 4.11. The summed E-state index contributed by atoms with van der Waals surface area (Å²) < 4.78 is 34.5. The van der Waals surface area contributed by atoms with E-state index in [0.717, 1.165) is 17.7 Å². The van der Waals surface area contributed by atoms with Gasteiger partial charge in [-0.25, -0.2) is 8.78 Å². The van der Waals surface area contributed by atoms with Gasteiger partial charge in [0.05, 0.1) is 12.0 Å². The normalized spacial score (nSPS) is 17.6. The number of hydrogen-bond acceptors (Lipinski definition) is 4. The molecule has 7 nitrogen and oxygen atoms in total. The minimum Gasteiger partial charge on any atom is -0.490 e. The Morgan fingerprint density at radius 3 is 2.15 bits per heavy atom. The van der Waals surface area contributed by atoms with Crippen molar-refractivity contribution in [1.82, 2.24) is 10.6 Å². The fourth-order valence-corrected chi connectivity index (χ4v) is 3.90. The molecule has 1 aliphatic rings. The first-order valence-electron chi connectivity index (χ1n) is 10.9. The van der Waals surface area contributed by atoms with Gasteiger partial charge in [0.25, 0.3) is 11.8 Å². The number of halogens is 3. The van der Waals surface area contributed by atoms with Crippen LogP contribution >= 0.6 is 11.6 Å². The highest BCUT2D eigenvalue weighted by molar-refractivity contribution is 6.31. The zero-order valence-electron chi connectivity index (χ0n) is 18.5. The molecule has 0 aliphatic heterocycles. The van der Waals surface area contributed by atoms with Crippen LogP contribution in [0.2, 0.25) is 5.02 Å². The van der Waals surface area contributed by atoms with Gasteiger partial charge in [-0.1, -0.05) is 11.6 Å². The van der Waals surface area contributed by atoms with Crippen molar-refractivity contribution in [2.75, 3.05) is 13.1 Å². The highest BCUT2D eigenvalue weighted by Crippen LogP contribution is 2.29. The van der Waals surface area contributed by atoms with E-state index in [1.807, 2.05) is 0 Å². The molecule has 0 bridgehead atoms. The summed E-state index contributed by atoms with van der Waals surface area (Å²) in [6.07, 6.45) is 1.44. The summed E-state index contributed by atoms with van der Waals surface area (Å²) in [5.74, 6) is -4.83. The van der Waals surface area contributed by atoms with Gasteiger partial charge in [0, 0.05) is 35.8 Å². The minimum absolute atomic E-state index is 0.0406. The molecule has 0 radical (unpaired) electrons. The van der Waals surface area contributed by atoms with Crippen molar-refractivity contribution in [1.29, 1.82) is 0 Å². The first-order valence-corrected chi connectivity index (χ1v) is 11.2. The number of carbonyl (C=O) groups is 3. The van der Waals surface area contributed by atoms with E-state index in [-0.39, 0.29) is 30.9 Å². The smallest absolute Gasteiger partial charge is 0.306 e.